The third-order valence-electron chi connectivity index (χ3n) is 9.58. The molecule has 1 spiro atoms. The van der Waals surface area contributed by atoms with Crippen LogP contribution in [0.25, 0.3) is 10.2 Å². The van der Waals surface area contributed by atoms with Crippen LogP contribution in [0.3, 0.4) is 0 Å². The molecule has 0 saturated carbocycles. The number of thiazole rings is 1. The van der Waals surface area contributed by atoms with Crippen LogP contribution in [0.2, 0.25) is 0 Å². The van der Waals surface area contributed by atoms with Gasteiger partial charge in [-0.15, -0.1) is 22.7 Å². The molecule has 2 aliphatic heterocycles. The summed E-state index contributed by atoms with van der Waals surface area (Å²) in [5, 5.41) is 6.88. The van der Waals surface area contributed by atoms with E-state index in [0.717, 1.165) is 54.1 Å². The first-order valence-corrected chi connectivity index (χ1v) is 20.2. The van der Waals surface area contributed by atoms with Crippen molar-refractivity contribution in [2.75, 3.05) is 45.9 Å². The number of carbonyl (C=O) groups is 3. The number of likely N-dealkylation sites (tertiary alicyclic amines) is 1. The highest BCUT2D eigenvalue weighted by molar-refractivity contribution is 7.16. The minimum atomic E-state index is -5.35. The van der Waals surface area contributed by atoms with Crippen LogP contribution < -0.4 is 14.9 Å². The Kier molecular flexibility index (Phi) is 12.7. The Balaban J connectivity index is 1.02. The normalized spacial score (nSPS) is 17.1. The van der Waals surface area contributed by atoms with Crippen LogP contribution in [0.15, 0.2) is 39.8 Å². The van der Waals surface area contributed by atoms with Crippen molar-refractivity contribution in [3.05, 3.63) is 71.1 Å². The number of aromatic amines is 1. The molecule has 0 unspecified atom stereocenters. The topological polar surface area (TPSA) is 130 Å². The molecule has 0 bridgehead atoms. The molecule has 6 rings (SSSR count). The number of nitrogens with zero attached hydrogens (tertiary/aromatic N) is 2. The second-order valence-corrected chi connectivity index (χ2v) is 16.9. The van der Waals surface area contributed by atoms with Gasteiger partial charge in [0, 0.05) is 53.4 Å². The molecular weight excluding hydrogens is 811 g/mol. The minimum absolute atomic E-state index is 0.0406. The number of hydrogen-bond donors (Lipinski definition) is 2. The van der Waals surface area contributed by atoms with Gasteiger partial charge in [0.05, 0.1) is 29.0 Å². The number of H-pyrrole nitrogens is 1. The number of thiophene rings is 2. The lowest BCUT2D eigenvalue weighted by molar-refractivity contribution is -0.205. The lowest BCUT2D eigenvalue weighted by Crippen LogP contribution is -2.57. The summed E-state index contributed by atoms with van der Waals surface area (Å²) in [6.45, 7) is 8.03. The number of halogens is 6. The monoisotopic (exact) mass is 848 g/mol. The van der Waals surface area contributed by atoms with Crippen molar-refractivity contribution >= 4 is 62.1 Å². The highest BCUT2D eigenvalue weighted by Crippen LogP contribution is 2.36. The number of alkyl halides is 6. The van der Waals surface area contributed by atoms with E-state index in [9.17, 15) is 45.5 Å². The van der Waals surface area contributed by atoms with Gasteiger partial charge in [-0.2, -0.15) is 26.3 Å². The molecule has 2 fully saturated rings. The molecule has 5 heterocycles. The van der Waals surface area contributed by atoms with E-state index in [0.29, 0.717) is 49.9 Å². The molecule has 1 atom stereocenters. The highest BCUT2D eigenvalue weighted by Gasteiger charge is 2.44. The molecule has 4 aromatic rings. The standard InChI is InChI=1S/C36H38F6N4O7S3/c1-20(2)27-14-22(18-55-27)30(47)46-11-12-51-34(19-46)6-9-45(10-7-34)16-23-13-21(17-54-23)5-8-43-15-26(53-32(49)36(40,41)42)24-3-4-25(52-31(48)35(37,38)39)28-29(24)56-33(50)44-28/h3-4,13-14,17-18,20,26,43H,5-12,15-16,19H2,1-2H3,(H,44,50)/t26-/m0/s1. The SMILES string of the molecule is CC(C)c1cc(C(=O)N2CCOC3(CCN(Cc4cc(CCNC[C@H](OC(=O)C(F)(F)F)c5ccc(OC(=O)C(F)(F)F)c6[nH]c(=O)sc56)cs4)CC3)C2)cs1. The summed E-state index contributed by atoms with van der Waals surface area (Å²) in [6.07, 6.45) is -10.3. The van der Waals surface area contributed by atoms with E-state index >= 15 is 0 Å². The van der Waals surface area contributed by atoms with Gasteiger partial charge in [0.1, 0.15) is 11.6 Å². The summed E-state index contributed by atoms with van der Waals surface area (Å²) in [5.41, 5.74) is 0.838. The molecule has 304 valence electrons. The number of esters is 2. The van der Waals surface area contributed by atoms with E-state index in [4.69, 9.17) is 9.47 Å². The first-order valence-electron chi connectivity index (χ1n) is 17.6. The zero-order valence-corrected chi connectivity index (χ0v) is 32.6. The fourth-order valence-electron chi connectivity index (χ4n) is 6.65. The number of aromatic nitrogens is 1. The second kappa shape index (κ2) is 17.0. The maximum Gasteiger partial charge on any atom is 0.491 e. The summed E-state index contributed by atoms with van der Waals surface area (Å²) in [6, 6.07) is 5.95. The zero-order chi connectivity index (χ0) is 40.4. The van der Waals surface area contributed by atoms with E-state index in [-0.39, 0.29) is 40.4 Å². The summed E-state index contributed by atoms with van der Waals surface area (Å²) in [4.78, 5) is 56.8. The van der Waals surface area contributed by atoms with Gasteiger partial charge >= 0.3 is 29.2 Å². The van der Waals surface area contributed by atoms with Crippen molar-refractivity contribution in [1.29, 1.82) is 0 Å². The van der Waals surface area contributed by atoms with Gasteiger partial charge in [-0.25, -0.2) is 9.59 Å². The van der Waals surface area contributed by atoms with Crippen molar-refractivity contribution in [3.8, 4) is 5.75 Å². The van der Waals surface area contributed by atoms with Gasteiger partial charge in [0.2, 0.25) is 0 Å². The van der Waals surface area contributed by atoms with Crippen LogP contribution in [-0.2, 0) is 32.0 Å². The summed E-state index contributed by atoms with van der Waals surface area (Å²) < 4.78 is 93.4. The number of amides is 1. The maximum atomic E-state index is 13.3. The fraction of sp³-hybridized carbons (Fsp3) is 0.500. The average molecular weight is 849 g/mol. The van der Waals surface area contributed by atoms with Crippen LogP contribution >= 0.6 is 34.0 Å². The molecule has 56 heavy (non-hydrogen) atoms. The lowest BCUT2D eigenvalue weighted by Gasteiger charge is -2.47. The quantitative estimate of drug-likeness (QED) is 0.0686. The Labute approximate surface area is 328 Å². The number of fused-ring (bicyclic) bond motifs is 1. The fourth-order valence-corrected chi connectivity index (χ4v) is 9.43. The van der Waals surface area contributed by atoms with Gasteiger partial charge in [0.25, 0.3) is 5.91 Å². The third kappa shape index (κ3) is 10.00. The number of piperidine rings is 1. The van der Waals surface area contributed by atoms with Crippen LogP contribution in [0.1, 0.15) is 70.0 Å². The van der Waals surface area contributed by atoms with Gasteiger partial charge < -0.3 is 29.4 Å². The molecule has 2 N–H and O–H groups in total. The van der Waals surface area contributed by atoms with Crippen molar-refractivity contribution in [3.63, 3.8) is 0 Å². The lowest BCUT2D eigenvalue weighted by atomic mass is 9.89. The Morgan fingerprint density at radius 1 is 1.00 bits per heavy atom. The number of ether oxygens (including phenoxy) is 3. The van der Waals surface area contributed by atoms with Crippen LogP contribution in [0.5, 0.6) is 5.75 Å². The van der Waals surface area contributed by atoms with E-state index in [1.807, 2.05) is 27.8 Å². The predicted molar refractivity (Wildman–Crippen MR) is 197 cm³/mol. The van der Waals surface area contributed by atoms with Gasteiger partial charge in [0.15, 0.2) is 5.75 Å². The Morgan fingerprint density at radius 3 is 2.41 bits per heavy atom. The molecule has 1 aromatic carbocycles. The summed E-state index contributed by atoms with van der Waals surface area (Å²) >= 11 is 3.62. The molecule has 3 aromatic heterocycles. The first-order chi connectivity index (χ1) is 26.4. The smallest absolute Gasteiger partial charge is 0.449 e. The van der Waals surface area contributed by atoms with Crippen LogP contribution in [-0.4, -0.2) is 96.5 Å². The predicted octanol–water partition coefficient (Wildman–Crippen LogP) is 6.79. The van der Waals surface area contributed by atoms with Gasteiger partial charge in [-0.1, -0.05) is 25.2 Å². The maximum absolute atomic E-state index is 13.3. The Bertz CT molecular complexity index is 2100. The number of nitrogens with one attached hydrogen (secondary N) is 2. The van der Waals surface area contributed by atoms with Crippen LogP contribution in [0.4, 0.5) is 26.3 Å². The summed E-state index contributed by atoms with van der Waals surface area (Å²) in [7, 11) is 0. The Hall–Kier alpha value is -3.82. The van der Waals surface area contributed by atoms with Crippen LogP contribution in [0, 0.1) is 0 Å². The molecule has 20 heteroatoms. The van der Waals surface area contributed by atoms with E-state index in [2.05, 4.69) is 33.8 Å². The second-order valence-electron chi connectivity index (χ2n) is 14.0. The molecule has 0 aliphatic carbocycles. The minimum Gasteiger partial charge on any atom is -0.449 e. The zero-order valence-electron chi connectivity index (χ0n) is 30.1. The van der Waals surface area contributed by atoms with Crippen molar-refractivity contribution in [2.45, 2.75) is 69.6 Å². The highest BCUT2D eigenvalue weighted by atomic mass is 32.1. The number of hydrogen-bond acceptors (Lipinski definition) is 12. The van der Waals surface area contributed by atoms with Gasteiger partial charge in [-0.3, -0.25) is 14.5 Å². The molecule has 0 radical (unpaired) electrons. The van der Waals surface area contributed by atoms with E-state index < -0.39 is 41.0 Å². The Morgan fingerprint density at radius 2 is 1.73 bits per heavy atom. The molecule has 2 saturated heterocycles. The molecule has 1 amide bonds. The van der Waals surface area contributed by atoms with Gasteiger partial charge in [-0.05, 0) is 66.9 Å². The van der Waals surface area contributed by atoms with Crippen molar-refractivity contribution < 1.29 is 54.9 Å². The number of benzene rings is 1. The molecule has 2 aliphatic rings. The van der Waals surface area contributed by atoms with Crippen molar-refractivity contribution in [1.82, 2.24) is 20.1 Å². The first kappa shape index (κ1) is 41.8. The van der Waals surface area contributed by atoms with E-state index in [1.54, 1.807) is 22.7 Å². The number of rotatable bonds is 12. The van der Waals surface area contributed by atoms with E-state index in [1.165, 1.54) is 4.88 Å². The third-order valence-corrected chi connectivity index (χ3v) is 12.7. The molecule has 11 nitrogen and oxygen atoms in total. The average Bonchev–Trinajstić information content (AvgIpc) is 3.90. The number of carbonyl (C=O) groups excluding carboxylic acids is 3. The van der Waals surface area contributed by atoms with Crippen molar-refractivity contribution in [2.24, 2.45) is 0 Å². The number of morpholine rings is 1. The molecular formula is C36H38F6N4O7S3. The summed E-state index contributed by atoms with van der Waals surface area (Å²) in [5.74, 6) is -5.34. The largest absolute Gasteiger partial charge is 0.491 e.